The molecule has 1 aromatic carbocycles. The second kappa shape index (κ2) is 6.54. The quantitative estimate of drug-likeness (QED) is 0.882. The molecule has 0 unspecified atom stereocenters. The van der Waals surface area contributed by atoms with Gasteiger partial charge in [0, 0.05) is 17.6 Å². The third-order valence-corrected chi connectivity index (χ3v) is 3.77. The Labute approximate surface area is 117 Å². The van der Waals surface area contributed by atoms with Gasteiger partial charge in [-0.3, -0.25) is 0 Å². The van der Waals surface area contributed by atoms with Gasteiger partial charge in [0.2, 0.25) is 0 Å². The van der Waals surface area contributed by atoms with E-state index in [-0.39, 0.29) is 0 Å². The Balaban J connectivity index is 2.31. The first-order valence-corrected chi connectivity index (χ1v) is 6.98. The maximum Gasteiger partial charge on any atom is 0.129 e. The molecular weight excluding hydrogens is 260 g/mol. The summed E-state index contributed by atoms with van der Waals surface area (Å²) in [6.07, 6.45) is 1.90. The van der Waals surface area contributed by atoms with Crippen LogP contribution < -0.4 is 14.8 Å². The lowest BCUT2D eigenvalue weighted by atomic mass is 10.2. The van der Waals surface area contributed by atoms with Gasteiger partial charge in [-0.15, -0.1) is 11.3 Å². The highest BCUT2D eigenvalue weighted by Crippen LogP contribution is 2.35. The van der Waals surface area contributed by atoms with Crippen molar-refractivity contribution < 1.29 is 9.47 Å². The van der Waals surface area contributed by atoms with Gasteiger partial charge in [0.15, 0.2) is 0 Å². The number of ether oxygens (including phenoxy) is 2. The number of nitrogens with one attached hydrogen (secondary N) is 1. The molecule has 0 atom stereocenters. The van der Waals surface area contributed by atoms with E-state index in [1.165, 1.54) is 4.88 Å². The monoisotopic (exact) mass is 278 g/mol. The van der Waals surface area contributed by atoms with Crippen molar-refractivity contribution in [1.82, 2.24) is 10.3 Å². The summed E-state index contributed by atoms with van der Waals surface area (Å²) in [6, 6.07) is 5.74. The van der Waals surface area contributed by atoms with E-state index >= 15 is 0 Å². The maximum atomic E-state index is 5.39. The van der Waals surface area contributed by atoms with Crippen molar-refractivity contribution in [2.75, 3.05) is 20.8 Å². The maximum absolute atomic E-state index is 5.39. The molecule has 1 N–H and O–H groups in total. The van der Waals surface area contributed by atoms with Crippen molar-refractivity contribution in [3.05, 3.63) is 29.3 Å². The molecule has 0 aliphatic heterocycles. The lowest BCUT2D eigenvalue weighted by Crippen LogP contribution is -2.10. The van der Waals surface area contributed by atoms with E-state index in [9.17, 15) is 0 Å². The van der Waals surface area contributed by atoms with E-state index in [0.717, 1.165) is 35.2 Å². The Morgan fingerprint density at radius 2 is 2.11 bits per heavy atom. The first kappa shape index (κ1) is 13.8. The summed E-state index contributed by atoms with van der Waals surface area (Å²) in [5.41, 5.74) is 0.967. The summed E-state index contributed by atoms with van der Waals surface area (Å²) in [5.74, 6) is 1.62. The standard InChI is InChI=1S/C14H18N2O2S/c1-4-15-8-11-9-16-14(19-11)12-7-10(17-2)5-6-13(12)18-3/h5-7,9,15H,4,8H2,1-3H3. The number of thiazole rings is 1. The fourth-order valence-electron chi connectivity index (χ4n) is 1.74. The van der Waals surface area contributed by atoms with E-state index in [1.807, 2.05) is 24.4 Å². The minimum absolute atomic E-state index is 0.805. The van der Waals surface area contributed by atoms with Gasteiger partial charge < -0.3 is 14.8 Å². The summed E-state index contributed by atoms with van der Waals surface area (Å²) in [5, 5.41) is 4.24. The molecule has 2 rings (SSSR count). The van der Waals surface area contributed by atoms with Crippen molar-refractivity contribution in [1.29, 1.82) is 0 Å². The van der Waals surface area contributed by atoms with E-state index in [4.69, 9.17) is 9.47 Å². The topological polar surface area (TPSA) is 43.4 Å². The van der Waals surface area contributed by atoms with Crippen LogP contribution in [0.15, 0.2) is 24.4 Å². The van der Waals surface area contributed by atoms with Crippen LogP contribution in [0.2, 0.25) is 0 Å². The zero-order valence-electron chi connectivity index (χ0n) is 11.4. The highest BCUT2D eigenvalue weighted by molar-refractivity contribution is 7.15. The SMILES string of the molecule is CCNCc1cnc(-c2cc(OC)ccc2OC)s1. The summed E-state index contributed by atoms with van der Waals surface area (Å²) in [6.45, 7) is 3.89. The highest BCUT2D eigenvalue weighted by atomic mass is 32.1. The molecule has 0 bridgehead atoms. The molecule has 0 radical (unpaired) electrons. The summed E-state index contributed by atoms with van der Waals surface area (Å²) in [4.78, 5) is 5.68. The Hall–Kier alpha value is -1.59. The summed E-state index contributed by atoms with van der Waals surface area (Å²) < 4.78 is 10.6. The molecule has 0 saturated carbocycles. The predicted molar refractivity (Wildman–Crippen MR) is 78.0 cm³/mol. The lowest BCUT2D eigenvalue weighted by Gasteiger charge is -2.08. The zero-order valence-corrected chi connectivity index (χ0v) is 12.2. The number of hydrogen-bond acceptors (Lipinski definition) is 5. The molecule has 0 saturated heterocycles. The van der Waals surface area contributed by atoms with Gasteiger partial charge in [-0.1, -0.05) is 6.92 Å². The minimum Gasteiger partial charge on any atom is -0.497 e. The van der Waals surface area contributed by atoms with Crippen molar-refractivity contribution in [3.63, 3.8) is 0 Å². The second-order valence-corrected chi connectivity index (χ2v) is 5.09. The second-order valence-electron chi connectivity index (χ2n) is 3.98. The van der Waals surface area contributed by atoms with Gasteiger partial charge in [-0.2, -0.15) is 0 Å². The van der Waals surface area contributed by atoms with E-state index in [0.29, 0.717) is 0 Å². The van der Waals surface area contributed by atoms with Crippen LogP contribution in [-0.2, 0) is 6.54 Å². The number of benzene rings is 1. The first-order valence-electron chi connectivity index (χ1n) is 6.16. The molecule has 1 aromatic heterocycles. The van der Waals surface area contributed by atoms with Crippen LogP contribution in [0.3, 0.4) is 0 Å². The number of nitrogens with zero attached hydrogens (tertiary/aromatic N) is 1. The molecule has 2 aromatic rings. The fraction of sp³-hybridized carbons (Fsp3) is 0.357. The average molecular weight is 278 g/mol. The number of aromatic nitrogens is 1. The Kier molecular flexibility index (Phi) is 4.76. The Bertz CT molecular complexity index is 540. The van der Waals surface area contributed by atoms with Gasteiger partial charge in [0.05, 0.1) is 19.8 Å². The smallest absolute Gasteiger partial charge is 0.129 e. The third kappa shape index (κ3) is 3.24. The van der Waals surface area contributed by atoms with E-state index in [2.05, 4.69) is 17.2 Å². The van der Waals surface area contributed by atoms with Crippen LogP contribution in [0.25, 0.3) is 10.6 Å². The number of methoxy groups -OCH3 is 2. The molecule has 19 heavy (non-hydrogen) atoms. The zero-order chi connectivity index (χ0) is 13.7. The molecule has 4 nitrogen and oxygen atoms in total. The highest BCUT2D eigenvalue weighted by Gasteiger charge is 2.11. The van der Waals surface area contributed by atoms with E-state index < -0.39 is 0 Å². The van der Waals surface area contributed by atoms with Gasteiger partial charge in [-0.25, -0.2) is 4.98 Å². The molecular formula is C14H18N2O2S. The molecule has 0 fully saturated rings. The van der Waals surface area contributed by atoms with Gasteiger partial charge in [0.25, 0.3) is 0 Å². The summed E-state index contributed by atoms with van der Waals surface area (Å²) >= 11 is 1.67. The number of hydrogen-bond donors (Lipinski definition) is 1. The van der Waals surface area contributed by atoms with Crippen LogP contribution in [0.5, 0.6) is 11.5 Å². The molecule has 0 aliphatic rings. The molecule has 1 heterocycles. The number of rotatable bonds is 6. The molecule has 5 heteroatoms. The van der Waals surface area contributed by atoms with Crippen LogP contribution >= 0.6 is 11.3 Å². The average Bonchev–Trinajstić information content (AvgIpc) is 2.93. The van der Waals surface area contributed by atoms with Crippen molar-refractivity contribution in [2.45, 2.75) is 13.5 Å². The molecule has 0 amide bonds. The van der Waals surface area contributed by atoms with Gasteiger partial charge in [-0.05, 0) is 24.7 Å². The van der Waals surface area contributed by atoms with Gasteiger partial charge >= 0.3 is 0 Å². The predicted octanol–water partition coefficient (Wildman–Crippen LogP) is 2.94. The fourth-order valence-corrected chi connectivity index (χ4v) is 2.65. The Morgan fingerprint density at radius 3 is 2.79 bits per heavy atom. The van der Waals surface area contributed by atoms with Crippen molar-refractivity contribution in [3.8, 4) is 22.1 Å². The van der Waals surface area contributed by atoms with Crippen molar-refractivity contribution >= 4 is 11.3 Å². The first-order chi connectivity index (χ1) is 9.28. The van der Waals surface area contributed by atoms with Crippen LogP contribution in [0.4, 0.5) is 0 Å². The summed E-state index contributed by atoms with van der Waals surface area (Å²) in [7, 11) is 3.32. The van der Waals surface area contributed by atoms with Crippen LogP contribution in [0.1, 0.15) is 11.8 Å². The molecule has 0 spiro atoms. The molecule has 102 valence electrons. The van der Waals surface area contributed by atoms with E-state index in [1.54, 1.807) is 25.6 Å². The lowest BCUT2D eigenvalue weighted by molar-refractivity contribution is 0.404. The van der Waals surface area contributed by atoms with Gasteiger partial charge in [0.1, 0.15) is 16.5 Å². The van der Waals surface area contributed by atoms with Crippen molar-refractivity contribution in [2.24, 2.45) is 0 Å². The Morgan fingerprint density at radius 1 is 1.26 bits per heavy atom. The largest absolute Gasteiger partial charge is 0.497 e. The third-order valence-electron chi connectivity index (χ3n) is 2.74. The normalized spacial score (nSPS) is 10.5. The van der Waals surface area contributed by atoms with Crippen LogP contribution in [-0.4, -0.2) is 25.7 Å². The van der Waals surface area contributed by atoms with Crippen LogP contribution in [0, 0.1) is 0 Å². The molecule has 0 aliphatic carbocycles. The minimum atomic E-state index is 0.805.